The van der Waals surface area contributed by atoms with Gasteiger partial charge in [-0.25, -0.2) is 0 Å². The number of aryl methyl sites for hydroxylation is 2. The second kappa shape index (κ2) is 7.95. The van der Waals surface area contributed by atoms with E-state index in [4.69, 9.17) is 4.74 Å². The van der Waals surface area contributed by atoms with E-state index < -0.39 is 0 Å². The van der Waals surface area contributed by atoms with Crippen molar-refractivity contribution in [3.05, 3.63) is 17.5 Å². The van der Waals surface area contributed by atoms with Crippen molar-refractivity contribution in [2.45, 2.75) is 72.1 Å². The maximum absolute atomic E-state index is 6.07. The van der Waals surface area contributed by atoms with Crippen LogP contribution in [0.3, 0.4) is 0 Å². The van der Waals surface area contributed by atoms with E-state index >= 15 is 0 Å². The minimum Gasteiger partial charge on any atom is -0.377 e. The zero-order valence-electron chi connectivity index (χ0n) is 14.1. The zero-order valence-corrected chi connectivity index (χ0v) is 14.1. The summed E-state index contributed by atoms with van der Waals surface area (Å²) >= 11 is 0. The highest BCUT2D eigenvalue weighted by molar-refractivity contribution is 5.13. The van der Waals surface area contributed by atoms with Gasteiger partial charge < -0.3 is 10.1 Å². The number of nitrogens with zero attached hydrogens (tertiary/aromatic N) is 2. The summed E-state index contributed by atoms with van der Waals surface area (Å²) in [6.45, 7) is 11.3. The molecule has 0 amide bonds. The smallest absolute Gasteiger partial charge is 0.0759 e. The fourth-order valence-corrected chi connectivity index (χ4v) is 3.12. The summed E-state index contributed by atoms with van der Waals surface area (Å²) in [6.07, 6.45) is 5.00. The molecule has 1 aliphatic carbocycles. The quantitative estimate of drug-likeness (QED) is 0.721. The summed E-state index contributed by atoms with van der Waals surface area (Å²) < 4.78 is 8.22. The predicted octanol–water partition coefficient (Wildman–Crippen LogP) is 2.80. The van der Waals surface area contributed by atoms with E-state index in [0.29, 0.717) is 12.1 Å². The first-order valence-corrected chi connectivity index (χ1v) is 8.63. The van der Waals surface area contributed by atoms with Gasteiger partial charge in [0.2, 0.25) is 0 Å². The van der Waals surface area contributed by atoms with Crippen LogP contribution < -0.4 is 5.32 Å². The Kier molecular flexibility index (Phi) is 6.24. The van der Waals surface area contributed by atoms with Gasteiger partial charge in [-0.05, 0) is 51.6 Å². The second-order valence-corrected chi connectivity index (χ2v) is 5.92. The average molecular weight is 293 g/mol. The number of ether oxygens (including phenoxy) is 1. The highest BCUT2D eigenvalue weighted by atomic mass is 16.5. The van der Waals surface area contributed by atoms with E-state index in [1.165, 1.54) is 24.2 Å². The van der Waals surface area contributed by atoms with E-state index in [1.807, 2.05) is 0 Å². The Bertz CT molecular complexity index is 426. The molecule has 1 aromatic heterocycles. The van der Waals surface area contributed by atoms with Crippen LogP contribution in [-0.2, 0) is 24.1 Å². The summed E-state index contributed by atoms with van der Waals surface area (Å²) in [4.78, 5) is 0. The monoisotopic (exact) mass is 293 g/mol. The van der Waals surface area contributed by atoms with Crippen LogP contribution in [0.5, 0.6) is 0 Å². The van der Waals surface area contributed by atoms with Crippen molar-refractivity contribution in [1.82, 2.24) is 15.1 Å². The third-order valence-electron chi connectivity index (χ3n) is 4.31. The van der Waals surface area contributed by atoms with E-state index in [2.05, 4.69) is 48.9 Å². The largest absolute Gasteiger partial charge is 0.377 e. The Hall–Kier alpha value is -0.870. The van der Waals surface area contributed by atoms with Gasteiger partial charge in [-0.1, -0.05) is 13.8 Å². The van der Waals surface area contributed by atoms with Crippen molar-refractivity contribution < 1.29 is 4.74 Å². The van der Waals surface area contributed by atoms with Crippen LogP contribution in [0.2, 0.25) is 0 Å². The molecule has 2 unspecified atom stereocenters. The van der Waals surface area contributed by atoms with Gasteiger partial charge in [0.25, 0.3) is 0 Å². The number of likely N-dealkylation sites (N-methyl/N-ethyl adjacent to an activating group) is 1. The molecule has 1 N–H and O–H groups in total. The molecule has 1 fully saturated rings. The molecule has 0 saturated heterocycles. The normalized spacial score (nSPS) is 17.9. The minimum absolute atomic E-state index is 0.347. The van der Waals surface area contributed by atoms with Crippen LogP contribution in [-0.4, -0.2) is 35.1 Å². The Labute approximate surface area is 129 Å². The highest BCUT2D eigenvalue weighted by Gasteiger charge is 2.37. The SMILES string of the molecule is CCNC(Cc1cc(CC)nn1CC)C(OCC)C1CC1. The first kappa shape index (κ1) is 16.5. The van der Waals surface area contributed by atoms with E-state index in [-0.39, 0.29) is 0 Å². The van der Waals surface area contributed by atoms with Crippen LogP contribution in [0.15, 0.2) is 6.07 Å². The summed E-state index contributed by atoms with van der Waals surface area (Å²) in [6, 6.07) is 2.66. The minimum atomic E-state index is 0.347. The van der Waals surface area contributed by atoms with Gasteiger partial charge >= 0.3 is 0 Å². The molecule has 21 heavy (non-hydrogen) atoms. The lowest BCUT2D eigenvalue weighted by atomic mass is 10.0. The molecule has 0 spiro atoms. The zero-order chi connectivity index (χ0) is 15.2. The van der Waals surface area contributed by atoms with E-state index in [1.54, 1.807) is 0 Å². The molecule has 0 aromatic carbocycles. The molecule has 120 valence electrons. The first-order chi connectivity index (χ1) is 10.2. The molecule has 2 atom stereocenters. The van der Waals surface area contributed by atoms with Gasteiger partial charge in [0.05, 0.1) is 11.8 Å². The standard InChI is InChI=1S/C17H31N3O/c1-5-14-11-15(20(7-3)19-14)12-16(18-6-2)17(21-8-4)13-9-10-13/h11,13,16-18H,5-10,12H2,1-4H3. The maximum atomic E-state index is 6.07. The Balaban J connectivity index is 2.12. The van der Waals surface area contributed by atoms with Gasteiger partial charge in [-0.15, -0.1) is 0 Å². The Morgan fingerprint density at radius 2 is 2.10 bits per heavy atom. The summed E-state index contributed by atoms with van der Waals surface area (Å²) in [5.41, 5.74) is 2.53. The summed E-state index contributed by atoms with van der Waals surface area (Å²) in [5, 5.41) is 8.32. The van der Waals surface area contributed by atoms with Gasteiger partial charge in [0.1, 0.15) is 0 Å². The van der Waals surface area contributed by atoms with Crippen LogP contribution in [0, 0.1) is 5.92 Å². The molecule has 0 aliphatic heterocycles. The predicted molar refractivity (Wildman–Crippen MR) is 86.6 cm³/mol. The fourth-order valence-electron chi connectivity index (χ4n) is 3.12. The van der Waals surface area contributed by atoms with Crippen LogP contribution in [0.4, 0.5) is 0 Å². The third kappa shape index (κ3) is 4.30. The van der Waals surface area contributed by atoms with E-state index in [9.17, 15) is 0 Å². The fraction of sp³-hybridized carbons (Fsp3) is 0.824. The van der Waals surface area contributed by atoms with Crippen molar-refractivity contribution in [3.8, 4) is 0 Å². The van der Waals surface area contributed by atoms with Crippen LogP contribution in [0.1, 0.15) is 51.9 Å². The van der Waals surface area contributed by atoms with Gasteiger partial charge in [-0.2, -0.15) is 5.10 Å². The third-order valence-corrected chi connectivity index (χ3v) is 4.31. The molecular weight excluding hydrogens is 262 g/mol. The van der Waals surface area contributed by atoms with Crippen molar-refractivity contribution >= 4 is 0 Å². The molecule has 0 bridgehead atoms. The number of aromatic nitrogens is 2. The molecule has 1 aliphatic rings. The molecule has 1 heterocycles. The molecule has 4 nitrogen and oxygen atoms in total. The topological polar surface area (TPSA) is 39.1 Å². The van der Waals surface area contributed by atoms with Gasteiger partial charge in [0, 0.05) is 31.3 Å². The summed E-state index contributed by atoms with van der Waals surface area (Å²) in [7, 11) is 0. The van der Waals surface area contributed by atoms with Gasteiger partial charge in [-0.3, -0.25) is 4.68 Å². The average Bonchev–Trinajstić information content (AvgIpc) is 3.25. The number of nitrogens with one attached hydrogen (secondary N) is 1. The molecule has 1 aromatic rings. The molecular formula is C17H31N3O. The van der Waals surface area contributed by atoms with Crippen molar-refractivity contribution in [2.24, 2.45) is 5.92 Å². The lowest BCUT2D eigenvalue weighted by Crippen LogP contribution is -2.44. The lowest BCUT2D eigenvalue weighted by Gasteiger charge is -2.28. The Morgan fingerprint density at radius 1 is 1.33 bits per heavy atom. The highest BCUT2D eigenvalue weighted by Crippen LogP contribution is 2.36. The number of hydrogen-bond donors (Lipinski definition) is 1. The van der Waals surface area contributed by atoms with E-state index in [0.717, 1.165) is 38.5 Å². The van der Waals surface area contributed by atoms with Crippen molar-refractivity contribution in [3.63, 3.8) is 0 Å². The van der Waals surface area contributed by atoms with Crippen molar-refractivity contribution in [2.75, 3.05) is 13.2 Å². The lowest BCUT2D eigenvalue weighted by molar-refractivity contribution is 0.0191. The number of rotatable bonds is 10. The first-order valence-electron chi connectivity index (χ1n) is 8.63. The van der Waals surface area contributed by atoms with Gasteiger partial charge in [0.15, 0.2) is 0 Å². The maximum Gasteiger partial charge on any atom is 0.0759 e. The summed E-state index contributed by atoms with van der Waals surface area (Å²) in [5.74, 6) is 0.748. The molecule has 4 heteroatoms. The van der Waals surface area contributed by atoms with Crippen LogP contribution in [0.25, 0.3) is 0 Å². The molecule has 2 rings (SSSR count). The Morgan fingerprint density at radius 3 is 2.62 bits per heavy atom. The second-order valence-electron chi connectivity index (χ2n) is 5.92. The molecule has 0 radical (unpaired) electrons. The van der Waals surface area contributed by atoms with Crippen molar-refractivity contribution in [1.29, 1.82) is 0 Å². The molecule has 1 saturated carbocycles. The number of hydrogen-bond acceptors (Lipinski definition) is 3. The van der Waals surface area contributed by atoms with Crippen LogP contribution >= 0.6 is 0 Å².